The van der Waals surface area contributed by atoms with Crippen molar-refractivity contribution in [2.24, 2.45) is 0 Å². The number of benzene rings is 2. The maximum absolute atomic E-state index is 12.4. The van der Waals surface area contributed by atoms with Gasteiger partial charge in [-0.3, -0.25) is 4.79 Å². The van der Waals surface area contributed by atoms with Crippen molar-refractivity contribution in [2.75, 3.05) is 5.32 Å². The van der Waals surface area contributed by atoms with Gasteiger partial charge in [0.25, 0.3) is 5.91 Å². The number of amides is 1. The maximum Gasteiger partial charge on any atom is 0.275 e. The number of thiazole rings is 1. The molecule has 126 valence electrons. The lowest BCUT2D eigenvalue weighted by atomic mass is 10.2. The van der Waals surface area contributed by atoms with Crippen molar-refractivity contribution in [2.45, 2.75) is 0 Å². The van der Waals surface area contributed by atoms with Gasteiger partial charge in [-0.1, -0.05) is 60.7 Å². The van der Waals surface area contributed by atoms with Crippen LogP contribution in [0.25, 0.3) is 22.0 Å². The van der Waals surface area contributed by atoms with Crippen LogP contribution < -0.4 is 5.32 Å². The minimum Gasteiger partial charge on any atom is -0.318 e. The fraction of sp³-hybridized carbons (Fsp3) is 0. The van der Waals surface area contributed by atoms with E-state index in [0.29, 0.717) is 17.2 Å². The minimum absolute atomic E-state index is 0.278. The first-order valence-corrected chi connectivity index (χ1v) is 8.87. The molecule has 26 heavy (non-hydrogen) atoms. The molecular formula is C20H14N4OS. The number of rotatable bonds is 4. The van der Waals surface area contributed by atoms with Gasteiger partial charge in [-0.2, -0.15) is 0 Å². The Morgan fingerprint density at radius 1 is 0.846 bits per heavy atom. The fourth-order valence-electron chi connectivity index (χ4n) is 2.42. The highest BCUT2D eigenvalue weighted by atomic mass is 32.1. The van der Waals surface area contributed by atoms with E-state index in [1.807, 2.05) is 60.7 Å². The van der Waals surface area contributed by atoms with Crippen LogP contribution in [0.1, 0.15) is 10.5 Å². The van der Waals surface area contributed by atoms with Gasteiger partial charge in [-0.15, -0.1) is 11.3 Å². The zero-order valence-corrected chi connectivity index (χ0v) is 14.5. The summed E-state index contributed by atoms with van der Waals surface area (Å²) in [5, 5.41) is 5.34. The van der Waals surface area contributed by atoms with Crippen LogP contribution >= 0.6 is 11.3 Å². The molecule has 0 bridgehead atoms. The number of hydrogen-bond donors (Lipinski definition) is 1. The molecule has 0 fully saturated rings. The zero-order chi connectivity index (χ0) is 17.8. The second-order valence-corrected chi connectivity index (χ2v) is 6.38. The molecule has 0 aliphatic carbocycles. The Bertz CT molecular complexity index is 1010. The van der Waals surface area contributed by atoms with Crippen molar-refractivity contribution >= 4 is 22.9 Å². The first kappa shape index (κ1) is 16.1. The average molecular weight is 358 g/mol. The first-order chi connectivity index (χ1) is 12.8. The van der Waals surface area contributed by atoms with Gasteiger partial charge < -0.3 is 5.32 Å². The predicted octanol–water partition coefficient (Wildman–Crippen LogP) is 4.52. The second-order valence-electron chi connectivity index (χ2n) is 5.52. The largest absolute Gasteiger partial charge is 0.318 e. The van der Waals surface area contributed by atoms with Crippen LogP contribution in [0.15, 0.2) is 78.4 Å². The molecule has 4 aromatic rings. The number of nitrogens with zero attached hydrogens (tertiary/aromatic N) is 3. The molecule has 0 aliphatic rings. The summed E-state index contributed by atoms with van der Waals surface area (Å²) in [6.07, 6.45) is 3.19. The number of aromatic nitrogens is 3. The Morgan fingerprint density at radius 2 is 1.46 bits per heavy atom. The van der Waals surface area contributed by atoms with E-state index in [1.165, 1.54) is 11.3 Å². The van der Waals surface area contributed by atoms with Gasteiger partial charge in [0, 0.05) is 16.5 Å². The van der Waals surface area contributed by atoms with Gasteiger partial charge in [0.05, 0.1) is 18.1 Å². The molecule has 0 radical (unpaired) electrons. The topological polar surface area (TPSA) is 67.8 Å². The lowest BCUT2D eigenvalue weighted by Crippen LogP contribution is -2.12. The highest BCUT2D eigenvalue weighted by Gasteiger charge is 2.12. The molecule has 1 N–H and O–H groups in total. The standard InChI is InChI=1S/C20H14N4OS/c25-19(17-13-26-20(24-17)15-9-5-2-6-10-15)23-16-11-21-18(22-12-16)14-7-3-1-4-8-14/h1-13H,(H,23,25). The van der Waals surface area contributed by atoms with E-state index in [4.69, 9.17) is 0 Å². The van der Waals surface area contributed by atoms with Crippen LogP contribution in [0.2, 0.25) is 0 Å². The summed E-state index contributed by atoms with van der Waals surface area (Å²) in [5.41, 5.74) is 2.83. The Morgan fingerprint density at radius 3 is 2.12 bits per heavy atom. The number of hydrogen-bond acceptors (Lipinski definition) is 5. The second kappa shape index (κ2) is 7.25. The molecule has 5 nitrogen and oxygen atoms in total. The third-order valence-electron chi connectivity index (χ3n) is 3.70. The monoisotopic (exact) mass is 358 g/mol. The zero-order valence-electron chi connectivity index (χ0n) is 13.7. The number of carbonyl (C=O) groups excluding carboxylic acids is 1. The Balaban J connectivity index is 1.48. The highest BCUT2D eigenvalue weighted by Crippen LogP contribution is 2.23. The van der Waals surface area contributed by atoms with Crippen LogP contribution in [0.5, 0.6) is 0 Å². The van der Waals surface area contributed by atoms with E-state index in [9.17, 15) is 4.79 Å². The number of carbonyl (C=O) groups is 1. The molecule has 2 heterocycles. The Hall–Kier alpha value is -3.38. The summed E-state index contributed by atoms with van der Waals surface area (Å²) < 4.78 is 0. The maximum atomic E-state index is 12.4. The minimum atomic E-state index is -0.278. The quantitative estimate of drug-likeness (QED) is 0.582. The molecule has 0 unspecified atom stereocenters. The summed E-state index contributed by atoms with van der Waals surface area (Å²) in [6.45, 7) is 0. The van der Waals surface area contributed by atoms with Gasteiger partial charge in [0.1, 0.15) is 10.7 Å². The van der Waals surface area contributed by atoms with Crippen LogP contribution in [0.4, 0.5) is 5.69 Å². The van der Waals surface area contributed by atoms with E-state index < -0.39 is 0 Å². The smallest absolute Gasteiger partial charge is 0.275 e. The predicted molar refractivity (Wildman–Crippen MR) is 103 cm³/mol. The van der Waals surface area contributed by atoms with Gasteiger partial charge in [-0.25, -0.2) is 15.0 Å². The summed E-state index contributed by atoms with van der Waals surface area (Å²) in [4.78, 5) is 25.4. The SMILES string of the molecule is O=C(Nc1cnc(-c2ccccc2)nc1)c1csc(-c2ccccc2)n1. The summed E-state index contributed by atoms with van der Waals surface area (Å²) in [5.74, 6) is 0.336. The molecule has 0 atom stereocenters. The normalized spacial score (nSPS) is 10.5. The third-order valence-corrected chi connectivity index (χ3v) is 4.59. The van der Waals surface area contributed by atoms with Crippen LogP contribution in [-0.2, 0) is 0 Å². The Kier molecular flexibility index (Phi) is 4.49. The number of nitrogens with one attached hydrogen (secondary N) is 1. The molecular weight excluding hydrogens is 344 g/mol. The molecule has 0 spiro atoms. The molecule has 2 aromatic carbocycles. The van der Waals surface area contributed by atoms with E-state index in [-0.39, 0.29) is 5.91 Å². The average Bonchev–Trinajstić information content (AvgIpc) is 3.20. The third kappa shape index (κ3) is 3.50. The van der Waals surface area contributed by atoms with Gasteiger partial charge in [0.2, 0.25) is 0 Å². The van der Waals surface area contributed by atoms with Crippen molar-refractivity contribution in [1.82, 2.24) is 15.0 Å². The van der Waals surface area contributed by atoms with E-state index in [2.05, 4.69) is 20.3 Å². The van der Waals surface area contributed by atoms with Crippen LogP contribution in [0.3, 0.4) is 0 Å². The fourth-order valence-corrected chi connectivity index (χ4v) is 3.22. The lowest BCUT2D eigenvalue weighted by Gasteiger charge is -2.04. The van der Waals surface area contributed by atoms with E-state index in [0.717, 1.165) is 16.1 Å². The van der Waals surface area contributed by atoms with Crippen molar-refractivity contribution in [3.05, 3.63) is 84.1 Å². The van der Waals surface area contributed by atoms with Crippen molar-refractivity contribution < 1.29 is 4.79 Å². The first-order valence-electron chi connectivity index (χ1n) is 7.99. The molecule has 6 heteroatoms. The Labute approximate surface area is 154 Å². The molecule has 1 amide bonds. The van der Waals surface area contributed by atoms with Crippen molar-refractivity contribution in [1.29, 1.82) is 0 Å². The van der Waals surface area contributed by atoms with Crippen LogP contribution in [-0.4, -0.2) is 20.9 Å². The number of anilines is 1. The van der Waals surface area contributed by atoms with E-state index in [1.54, 1.807) is 17.8 Å². The van der Waals surface area contributed by atoms with Gasteiger partial charge in [0.15, 0.2) is 5.82 Å². The molecule has 0 saturated heterocycles. The van der Waals surface area contributed by atoms with Gasteiger partial charge in [-0.05, 0) is 0 Å². The van der Waals surface area contributed by atoms with Crippen LogP contribution in [0, 0.1) is 0 Å². The lowest BCUT2D eigenvalue weighted by molar-refractivity contribution is 0.102. The van der Waals surface area contributed by atoms with Crippen molar-refractivity contribution in [3.63, 3.8) is 0 Å². The molecule has 0 aliphatic heterocycles. The van der Waals surface area contributed by atoms with E-state index >= 15 is 0 Å². The molecule has 0 saturated carbocycles. The summed E-state index contributed by atoms with van der Waals surface area (Å²) >= 11 is 1.44. The molecule has 2 aromatic heterocycles. The summed E-state index contributed by atoms with van der Waals surface area (Å²) in [6, 6.07) is 19.5. The molecule has 4 rings (SSSR count). The van der Waals surface area contributed by atoms with Gasteiger partial charge >= 0.3 is 0 Å². The summed E-state index contributed by atoms with van der Waals surface area (Å²) in [7, 11) is 0. The highest BCUT2D eigenvalue weighted by molar-refractivity contribution is 7.13. The van der Waals surface area contributed by atoms with Crippen molar-refractivity contribution in [3.8, 4) is 22.0 Å².